The molecule has 0 saturated heterocycles. The van der Waals surface area contributed by atoms with Crippen LogP contribution in [0.3, 0.4) is 0 Å². The van der Waals surface area contributed by atoms with E-state index in [1.807, 2.05) is 44.2 Å². The number of ether oxygens (including phenoxy) is 1. The highest BCUT2D eigenvalue weighted by atomic mass is 16.5. The number of hydrogen-bond acceptors (Lipinski definition) is 4. The van der Waals surface area contributed by atoms with E-state index in [1.54, 1.807) is 11.6 Å². The summed E-state index contributed by atoms with van der Waals surface area (Å²) in [5.74, 6) is 0.492. The van der Waals surface area contributed by atoms with Gasteiger partial charge in [-0.1, -0.05) is 37.6 Å². The SMILES string of the molecule is Cc1ccc2c(c1)c(N=NC(=O)COc1cc(C(C)C)ccc1C)c(O)n2C. The van der Waals surface area contributed by atoms with E-state index < -0.39 is 5.91 Å². The summed E-state index contributed by atoms with van der Waals surface area (Å²) in [6, 6.07) is 11.7. The summed E-state index contributed by atoms with van der Waals surface area (Å²) in [6.45, 7) is 7.88. The fourth-order valence-electron chi connectivity index (χ4n) is 3.03. The van der Waals surface area contributed by atoms with Crippen LogP contribution >= 0.6 is 0 Å². The fraction of sp³-hybridized carbons (Fsp3) is 0.318. The molecular formula is C22H25N3O3. The molecule has 0 radical (unpaired) electrons. The molecule has 28 heavy (non-hydrogen) atoms. The lowest BCUT2D eigenvalue weighted by Gasteiger charge is -2.11. The lowest BCUT2D eigenvalue weighted by atomic mass is 10.0. The normalized spacial score (nSPS) is 11.6. The zero-order valence-corrected chi connectivity index (χ0v) is 16.9. The Balaban J connectivity index is 1.77. The summed E-state index contributed by atoms with van der Waals surface area (Å²) in [5, 5.41) is 18.8. The zero-order chi connectivity index (χ0) is 20.4. The summed E-state index contributed by atoms with van der Waals surface area (Å²) in [5.41, 5.74) is 4.24. The molecule has 0 aliphatic rings. The number of benzene rings is 2. The third-order valence-electron chi connectivity index (χ3n) is 4.79. The zero-order valence-electron chi connectivity index (χ0n) is 16.9. The van der Waals surface area contributed by atoms with Gasteiger partial charge >= 0.3 is 5.91 Å². The van der Waals surface area contributed by atoms with Crippen LogP contribution in [0, 0.1) is 13.8 Å². The number of amides is 1. The predicted molar refractivity (Wildman–Crippen MR) is 110 cm³/mol. The van der Waals surface area contributed by atoms with Crippen molar-refractivity contribution in [2.45, 2.75) is 33.6 Å². The Labute approximate surface area is 164 Å². The fourth-order valence-corrected chi connectivity index (χ4v) is 3.03. The quantitative estimate of drug-likeness (QED) is 0.610. The first kappa shape index (κ1) is 19.6. The van der Waals surface area contributed by atoms with Crippen LogP contribution in [0.5, 0.6) is 11.6 Å². The molecule has 1 heterocycles. The van der Waals surface area contributed by atoms with Gasteiger partial charge in [0, 0.05) is 12.4 Å². The Morgan fingerprint density at radius 1 is 1.18 bits per heavy atom. The van der Waals surface area contributed by atoms with Crippen molar-refractivity contribution in [1.29, 1.82) is 0 Å². The van der Waals surface area contributed by atoms with Gasteiger partial charge in [0.1, 0.15) is 5.75 Å². The number of rotatable bonds is 5. The third kappa shape index (κ3) is 3.91. The number of aryl methyl sites for hydroxylation is 3. The number of nitrogens with zero attached hydrogens (tertiary/aromatic N) is 3. The average Bonchev–Trinajstić information content (AvgIpc) is 2.89. The molecule has 6 heteroatoms. The second-order valence-corrected chi connectivity index (χ2v) is 7.31. The molecule has 1 N–H and O–H groups in total. The van der Waals surface area contributed by atoms with Crippen LogP contribution in [0.2, 0.25) is 0 Å². The first-order valence-corrected chi connectivity index (χ1v) is 9.24. The van der Waals surface area contributed by atoms with Crippen molar-refractivity contribution < 1.29 is 14.6 Å². The van der Waals surface area contributed by atoms with Gasteiger partial charge in [0.25, 0.3) is 0 Å². The van der Waals surface area contributed by atoms with Crippen molar-refractivity contribution in [3.63, 3.8) is 0 Å². The lowest BCUT2D eigenvalue weighted by molar-refractivity contribution is -0.120. The molecule has 1 aromatic heterocycles. The maximum Gasteiger partial charge on any atom is 0.302 e. The topological polar surface area (TPSA) is 76.2 Å². The highest BCUT2D eigenvalue weighted by Gasteiger charge is 2.15. The van der Waals surface area contributed by atoms with E-state index in [4.69, 9.17) is 4.74 Å². The molecule has 0 atom stereocenters. The first-order valence-electron chi connectivity index (χ1n) is 9.24. The second kappa shape index (κ2) is 7.84. The van der Waals surface area contributed by atoms with Crippen molar-refractivity contribution in [3.8, 4) is 11.6 Å². The van der Waals surface area contributed by atoms with Crippen molar-refractivity contribution in [1.82, 2.24) is 4.57 Å². The summed E-state index contributed by atoms with van der Waals surface area (Å²) in [7, 11) is 1.74. The lowest BCUT2D eigenvalue weighted by Crippen LogP contribution is -2.09. The number of aromatic nitrogens is 1. The van der Waals surface area contributed by atoms with Crippen molar-refractivity contribution in [2.75, 3.05) is 6.61 Å². The molecule has 0 saturated carbocycles. The average molecular weight is 379 g/mol. The van der Waals surface area contributed by atoms with Crippen LogP contribution in [0.25, 0.3) is 10.9 Å². The van der Waals surface area contributed by atoms with Crippen LogP contribution in [-0.4, -0.2) is 22.2 Å². The third-order valence-corrected chi connectivity index (χ3v) is 4.79. The van der Waals surface area contributed by atoms with Crippen molar-refractivity contribution in [2.24, 2.45) is 17.3 Å². The van der Waals surface area contributed by atoms with Crippen LogP contribution in [0.15, 0.2) is 46.6 Å². The van der Waals surface area contributed by atoms with Gasteiger partial charge in [-0.15, -0.1) is 10.2 Å². The molecular weight excluding hydrogens is 354 g/mol. The van der Waals surface area contributed by atoms with E-state index in [1.165, 1.54) is 0 Å². The number of azo groups is 1. The standard InChI is InChI=1S/C22H25N3O3/c1-13(2)16-8-7-15(4)19(11-16)28-12-20(26)23-24-21-17-10-14(3)6-9-18(17)25(5)22(21)27/h6-11,13,27H,12H2,1-5H3. The van der Waals surface area contributed by atoms with E-state index in [9.17, 15) is 9.90 Å². The van der Waals surface area contributed by atoms with E-state index in [-0.39, 0.29) is 18.2 Å². The summed E-state index contributed by atoms with van der Waals surface area (Å²) >= 11 is 0. The largest absolute Gasteiger partial charge is 0.493 e. The van der Waals surface area contributed by atoms with Crippen LogP contribution in [0.1, 0.15) is 36.5 Å². The maximum atomic E-state index is 12.2. The minimum atomic E-state index is -0.515. The van der Waals surface area contributed by atoms with Gasteiger partial charge in [0.2, 0.25) is 5.88 Å². The number of aromatic hydroxyl groups is 1. The van der Waals surface area contributed by atoms with Crippen molar-refractivity contribution in [3.05, 3.63) is 53.1 Å². The number of carbonyl (C=O) groups is 1. The Morgan fingerprint density at radius 2 is 1.93 bits per heavy atom. The van der Waals surface area contributed by atoms with E-state index in [2.05, 4.69) is 30.1 Å². The number of hydrogen-bond donors (Lipinski definition) is 1. The molecule has 3 aromatic rings. The molecule has 2 aromatic carbocycles. The molecule has 0 aliphatic carbocycles. The van der Waals surface area contributed by atoms with Gasteiger partial charge in [-0.25, -0.2) is 0 Å². The van der Waals surface area contributed by atoms with Gasteiger partial charge in [-0.2, -0.15) is 0 Å². The van der Waals surface area contributed by atoms with Gasteiger partial charge in [0.15, 0.2) is 12.3 Å². The molecule has 0 spiro atoms. The summed E-state index contributed by atoms with van der Waals surface area (Å²) in [6.07, 6.45) is 0. The van der Waals surface area contributed by atoms with Gasteiger partial charge in [-0.05, 0) is 49.1 Å². The van der Waals surface area contributed by atoms with E-state index in [0.717, 1.165) is 27.6 Å². The Hall–Kier alpha value is -3.15. The monoisotopic (exact) mass is 379 g/mol. The van der Waals surface area contributed by atoms with Gasteiger partial charge < -0.3 is 14.4 Å². The molecule has 0 aliphatic heterocycles. The summed E-state index contributed by atoms with van der Waals surface area (Å²) in [4.78, 5) is 12.2. The van der Waals surface area contributed by atoms with Gasteiger partial charge in [-0.3, -0.25) is 4.79 Å². The van der Waals surface area contributed by atoms with Crippen LogP contribution < -0.4 is 4.74 Å². The smallest absolute Gasteiger partial charge is 0.302 e. The van der Waals surface area contributed by atoms with E-state index >= 15 is 0 Å². The number of fused-ring (bicyclic) bond motifs is 1. The molecule has 0 unspecified atom stereocenters. The molecule has 146 valence electrons. The van der Waals surface area contributed by atoms with Crippen LogP contribution in [0.4, 0.5) is 5.69 Å². The maximum absolute atomic E-state index is 12.2. The molecule has 6 nitrogen and oxygen atoms in total. The van der Waals surface area contributed by atoms with E-state index in [0.29, 0.717) is 11.7 Å². The molecule has 0 bridgehead atoms. The molecule has 0 fully saturated rings. The Morgan fingerprint density at radius 3 is 2.64 bits per heavy atom. The second-order valence-electron chi connectivity index (χ2n) is 7.31. The number of carbonyl (C=O) groups excluding carboxylic acids is 1. The van der Waals surface area contributed by atoms with Crippen molar-refractivity contribution >= 4 is 22.5 Å². The predicted octanol–water partition coefficient (Wildman–Crippen LogP) is 5.31. The van der Waals surface area contributed by atoms with Gasteiger partial charge in [0.05, 0.1) is 5.52 Å². The molecule has 1 amide bonds. The molecule has 3 rings (SSSR count). The minimum Gasteiger partial charge on any atom is -0.493 e. The summed E-state index contributed by atoms with van der Waals surface area (Å²) < 4.78 is 7.26. The minimum absolute atomic E-state index is 0.0291. The Bertz CT molecular complexity index is 1060. The van der Waals surface area contributed by atoms with Crippen LogP contribution in [-0.2, 0) is 11.8 Å². The Kier molecular flexibility index (Phi) is 5.49. The highest BCUT2D eigenvalue weighted by molar-refractivity contribution is 5.95. The first-order chi connectivity index (χ1) is 13.3. The highest BCUT2D eigenvalue weighted by Crippen LogP contribution is 2.38.